The number of benzene rings is 1. The molecule has 1 saturated heterocycles. The van der Waals surface area contributed by atoms with Gasteiger partial charge in [-0.25, -0.2) is 0 Å². The van der Waals surface area contributed by atoms with Crippen molar-refractivity contribution < 1.29 is 0 Å². The van der Waals surface area contributed by atoms with Crippen molar-refractivity contribution in [2.75, 3.05) is 20.1 Å². The van der Waals surface area contributed by atoms with Gasteiger partial charge in [-0.05, 0) is 66.2 Å². The fraction of sp³-hybridized carbons (Fsp3) is 0.684. The highest BCUT2D eigenvalue weighted by molar-refractivity contribution is 5.32. The lowest BCUT2D eigenvalue weighted by Gasteiger charge is -2.44. The number of hydrogen-bond donors (Lipinski definition) is 1. The third-order valence-electron chi connectivity index (χ3n) is 4.99. The second kappa shape index (κ2) is 6.93. The first-order valence-corrected chi connectivity index (χ1v) is 8.45. The zero-order valence-corrected chi connectivity index (χ0v) is 14.5. The summed E-state index contributed by atoms with van der Waals surface area (Å²) in [6, 6.07) is 7.31. The maximum Gasteiger partial charge on any atom is 0.0499 e. The molecule has 1 N–H and O–H groups in total. The Hall–Kier alpha value is -0.860. The number of likely N-dealkylation sites (tertiary alicyclic amines) is 1. The molecule has 1 heterocycles. The van der Waals surface area contributed by atoms with E-state index >= 15 is 0 Å². The Morgan fingerprint density at radius 1 is 0.952 bits per heavy atom. The van der Waals surface area contributed by atoms with Crippen LogP contribution in [0.25, 0.3) is 0 Å². The van der Waals surface area contributed by atoms with E-state index in [-0.39, 0.29) is 5.54 Å². The molecule has 1 aromatic carbocycles. The van der Waals surface area contributed by atoms with Crippen molar-refractivity contribution in [2.45, 2.75) is 65.0 Å². The molecule has 0 amide bonds. The van der Waals surface area contributed by atoms with Crippen LogP contribution < -0.4 is 5.32 Å². The fourth-order valence-electron chi connectivity index (χ4n) is 3.93. The summed E-state index contributed by atoms with van der Waals surface area (Å²) in [5.74, 6) is 0. The molecule has 1 aliphatic rings. The minimum absolute atomic E-state index is 0.138. The molecule has 1 aliphatic heterocycles. The first-order chi connectivity index (χ1) is 9.95. The highest BCUT2D eigenvalue weighted by Crippen LogP contribution is 2.33. The predicted octanol–water partition coefficient (Wildman–Crippen LogP) is 4.22. The topological polar surface area (TPSA) is 15.3 Å². The van der Waals surface area contributed by atoms with E-state index in [0.717, 1.165) is 0 Å². The lowest BCUT2D eigenvalue weighted by atomic mass is 9.85. The fourth-order valence-corrected chi connectivity index (χ4v) is 3.93. The number of nitrogens with zero attached hydrogens (tertiary/aromatic N) is 1. The van der Waals surface area contributed by atoms with E-state index in [2.05, 4.69) is 63.2 Å². The average Bonchev–Trinajstić information content (AvgIpc) is 2.67. The summed E-state index contributed by atoms with van der Waals surface area (Å²) in [6.45, 7) is 11.7. The molecule has 0 radical (unpaired) electrons. The van der Waals surface area contributed by atoms with Crippen molar-refractivity contribution >= 4 is 0 Å². The highest BCUT2D eigenvalue weighted by Gasteiger charge is 2.35. The van der Waals surface area contributed by atoms with Crippen LogP contribution in [-0.2, 0) is 0 Å². The van der Waals surface area contributed by atoms with Crippen LogP contribution in [0.4, 0.5) is 0 Å². The zero-order valence-electron chi connectivity index (χ0n) is 14.5. The summed E-state index contributed by atoms with van der Waals surface area (Å²) < 4.78 is 0. The number of aryl methyl sites for hydroxylation is 2. The second-order valence-electron chi connectivity index (χ2n) is 7.20. The van der Waals surface area contributed by atoms with Gasteiger partial charge in [0.15, 0.2) is 0 Å². The normalized spacial score (nSPS) is 19.3. The van der Waals surface area contributed by atoms with E-state index in [0.29, 0.717) is 6.04 Å². The summed E-state index contributed by atoms with van der Waals surface area (Å²) in [6.07, 6.45) is 5.46. The van der Waals surface area contributed by atoms with Crippen molar-refractivity contribution in [1.29, 1.82) is 0 Å². The molecule has 2 nitrogen and oxygen atoms in total. The van der Waals surface area contributed by atoms with Crippen molar-refractivity contribution in [3.05, 3.63) is 34.9 Å². The molecule has 2 rings (SSSR count). The third kappa shape index (κ3) is 3.87. The number of likely N-dealkylation sites (N-methyl/N-ethyl adjacent to an activating group) is 1. The standard InChI is InChI=1S/C19H32N2/c1-15-12-16(2)14-17(13-15)18(20-5)19(3,4)21-10-8-6-7-9-11-21/h12-14,18,20H,6-11H2,1-5H3. The van der Waals surface area contributed by atoms with Crippen LogP contribution >= 0.6 is 0 Å². The van der Waals surface area contributed by atoms with E-state index < -0.39 is 0 Å². The summed E-state index contributed by atoms with van der Waals surface area (Å²) in [5, 5.41) is 3.59. The molecule has 0 spiro atoms. The number of hydrogen-bond acceptors (Lipinski definition) is 2. The number of nitrogens with one attached hydrogen (secondary N) is 1. The third-order valence-corrected chi connectivity index (χ3v) is 4.99. The van der Waals surface area contributed by atoms with Crippen LogP contribution in [0.5, 0.6) is 0 Å². The molecular formula is C19H32N2. The van der Waals surface area contributed by atoms with Crippen molar-refractivity contribution in [3.63, 3.8) is 0 Å². The highest BCUT2D eigenvalue weighted by atomic mass is 15.2. The molecule has 2 heteroatoms. The van der Waals surface area contributed by atoms with Crippen LogP contribution in [0.1, 0.15) is 62.3 Å². The molecule has 118 valence electrons. The van der Waals surface area contributed by atoms with Gasteiger partial charge in [-0.2, -0.15) is 0 Å². The first kappa shape index (κ1) is 16.5. The van der Waals surface area contributed by atoms with Crippen molar-refractivity contribution in [3.8, 4) is 0 Å². The van der Waals surface area contributed by atoms with Crippen molar-refractivity contribution in [1.82, 2.24) is 10.2 Å². The molecule has 0 aliphatic carbocycles. The lowest BCUT2D eigenvalue weighted by Crippen LogP contribution is -2.52. The minimum Gasteiger partial charge on any atom is -0.311 e. The van der Waals surface area contributed by atoms with Crippen LogP contribution in [0.3, 0.4) is 0 Å². The Morgan fingerprint density at radius 3 is 1.95 bits per heavy atom. The largest absolute Gasteiger partial charge is 0.311 e. The van der Waals surface area contributed by atoms with E-state index in [1.165, 1.54) is 55.5 Å². The lowest BCUT2D eigenvalue weighted by molar-refractivity contribution is 0.0864. The quantitative estimate of drug-likeness (QED) is 0.892. The molecule has 0 saturated carbocycles. The summed E-state index contributed by atoms with van der Waals surface area (Å²) in [7, 11) is 2.10. The van der Waals surface area contributed by atoms with Gasteiger partial charge in [0.2, 0.25) is 0 Å². The van der Waals surface area contributed by atoms with Crippen LogP contribution in [0, 0.1) is 13.8 Å². The smallest absolute Gasteiger partial charge is 0.0499 e. The van der Waals surface area contributed by atoms with E-state index in [9.17, 15) is 0 Å². The molecule has 1 atom stereocenters. The Bertz CT molecular complexity index is 436. The van der Waals surface area contributed by atoms with E-state index in [4.69, 9.17) is 0 Å². The first-order valence-electron chi connectivity index (χ1n) is 8.45. The monoisotopic (exact) mass is 288 g/mol. The Labute approximate surface area is 130 Å². The predicted molar refractivity (Wildman–Crippen MR) is 91.8 cm³/mol. The van der Waals surface area contributed by atoms with Crippen molar-refractivity contribution in [2.24, 2.45) is 0 Å². The molecular weight excluding hydrogens is 256 g/mol. The second-order valence-corrected chi connectivity index (χ2v) is 7.20. The molecule has 0 bridgehead atoms. The molecule has 1 aromatic rings. The summed E-state index contributed by atoms with van der Waals surface area (Å²) >= 11 is 0. The van der Waals surface area contributed by atoms with Gasteiger partial charge in [0, 0.05) is 11.6 Å². The van der Waals surface area contributed by atoms with Crippen LogP contribution in [0.2, 0.25) is 0 Å². The van der Waals surface area contributed by atoms with Crippen LogP contribution in [-0.4, -0.2) is 30.6 Å². The minimum atomic E-state index is 0.138. The van der Waals surface area contributed by atoms with Gasteiger partial charge in [0.05, 0.1) is 0 Å². The SMILES string of the molecule is CNC(c1cc(C)cc(C)c1)C(C)(C)N1CCCCCC1. The Morgan fingerprint density at radius 2 is 1.48 bits per heavy atom. The maximum atomic E-state index is 3.59. The van der Waals surface area contributed by atoms with E-state index in [1.54, 1.807) is 0 Å². The van der Waals surface area contributed by atoms with Gasteiger partial charge in [-0.1, -0.05) is 42.2 Å². The van der Waals surface area contributed by atoms with Gasteiger partial charge in [0.1, 0.15) is 0 Å². The van der Waals surface area contributed by atoms with Crippen LogP contribution in [0.15, 0.2) is 18.2 Å². The van der Waals surface area contributed by atoms with Gasteiger partial charge in [-0.15, -0.1) is 0 Å². The maximum absolute atomic E-state index is 3.59. The van der Waals surface area contributed by atoms with E-state index in [1.807, 2.05) is 0 Å². The molecule has 1 fully saturated rings. The molecule has 0 aromatic heterocycles. The number of rotatable bonds is 4. The van der Waals surface area contributed by atoms with Gasteiger partial charge in [-0.3, -0.25) is 4.90 Å². The Balaban J connectivity index is 2.28. The van der Waals surface area contributed by atoms with Gasteiger partial charge in [0.25, 0.3) is 0 Å². The van der Waals surface area contributed by atoms with Gasteiger partial charge < -0.3 is 5.32 Å². The summed E-state index contributed by atoms with van der Waals surface area (Å²) in [4.78, 5) is 2.69. The Kier molecular flexibility index (Phi) is 5.45. The zero-order chi connectivity index (χ0) is 15.5. The molecule has 1 unspecified atom stereocenters. The molecule has 21 heavy (non-hydrogen) atoms. The summed E-state index contributed by atoms with van der Waals surface area (Å²) in [5.41, 5.74) is 4.28. The average molecular weight is 288 g/mol. The van der Waals surface area contributed by atoms with Gasteiger partial charge >= 0.3 is 0 Å².